The van der Waals surface area contributed by atoms with E-state index >= 15 is 0 Å². The Kier molecular flexibility index (Phi) is 6.54. The maximum atomic E-state index is 11.0. The largest absolute Gasteiger partial charge is 0.486 e. The Balaban J connectivity index is 2.81. The van der Waals surface area contributed by atoms with Gasteiger partial charge in [-0.2, -0.15) is 0 Å². The summed E-state index contributed by atoms with van der Waals surface area (Å²) in [6.07, 6.45) is 0.558. The van der Waals surface area contributed by atoms with Crippen LogP contribution < -0.4 is 10.1 Å². The molecule has 0 aliphatic heterocycles. The molecule has 1 rings (SSSR count). The van der Waals surface area contributed by atoms with Crippen LogP contribution in [-0.4, -0.2) is 17.6 Å². The second kappa shape index (κ2) is 8.18. The Morgan fingerprint density at radius 2 is 2.20 bits per heavy atom. The Bertz CT molecular complexity index is 516. The first-order valence-corrected chi connectivity index (χ1v) is 6.57. The van der Waals surface area contributed by atoms with Gasteiger partial charge in [0.05, 0.1) is 11.5 Å². The molecule has 0 amide bonds. The number of nitro groups is 1. The molecule has 1 aromatic carbocycles. The van der Waals surface area contributed by atoms with E-state index in [1.807, 2.05) is 13.8 Å². The summed E-state index contributed by atoms with van der Waals surface area (Å²) in [6, 6.07) is 5.30. The van der Waals surface area contributed by atoms with Gasteiger partial charge in [-0.15, -0.1) is 11.8 Å². The van der Waals surface area contributed by atoms with Crippen LogP contribution in [0.3, 0.4) is 0 Å². The molecule has 0 unspecified atom stereocenters. The van der Waals surface area contributed by atoms with E-state index in [-0.39, 0.29) is 5.69 Å². The predicted octanol–water partition coefficient (Wildman–Crippen LogP) is 2.89. The number of rotatable bonds is 7. The molecule has 0 aliphatic carbocycles. The van der Waals surface area contributed by atoms with Crippen molar-refractivity contribution in [1.29, 1.82) is 0 Å². The molecule has 0 saturated heterocycles. The molecular formula is C15H20N2O3. The minimum atomic E-state index is -0.430. The average Bonchev–Trinajstić information content (AvgIpc) is 2.41. The monoisotopic (exact) mass is 276 g/mol. The fourth-order valence-electron chi connectivity index (χ4n) is 1.59. The maximum Gasteiger partial charge on any atom is 0.310 e. The normalized spacial score (nSPS) is 10.0. The average molecular weight is 276 g/mol. The Morgan fingerprint density at radius 3 is 2.80 bits per heavy atom. The van der Waals surface area contributed by atoms with Gasteiger partial charge in [-0.05, 0) is 18.6 Å². The first-order chi connectivity index (χ1) is 9.54. The van der Waals surface area contributed by atoms with E-state index in [9.17, 15) is 10.1 Å². The number of nitro benzene ring substituents is 1. The van der Waals surface area contributed by atoms with Crippen LogP contribution in [0, 0.1) is 22.0 Å². The number of benzene rings is 1. The molecule has 0 aromatic heterocycles. The van der Waals surface area contributed by atoms with E-state index in [0.29, 0.717) is 31.4 Å². The highest BCUT2D eigenvalue weighted by atomic mass is 16.6. The van der Waals surface area contributed by atoms with Crippen molar-refractivity contribution in [1.82, 2.24) is 5.32 Å². The Hall–Kier alpha value is -2.06. The third kappa shape index (κ3) is 5.29. The first kappa shape index (κ1) is 16.0. The van der Waals surface area contributed by atoms with E-state index in [4.69, 9.17) is 4.74 Å². The molecule has 20 heavy (non-hydrogen) atoms. The number of nitrogens with one attached hydrogen (secondary N) is 1. The van der Waals surface area contributed by atoms with Gasteiger partial charge in [-0.25, -0.2) is 0 Å². The molecule has 1 N–H and O–H groups in total. The zero-order chi connectivity index (χ0) is 15.0. The molecule has 0 fully saturated rings. The molecule has 5 heteroatoms. The molecule has 5 nitrogen and oxygen atoms in total. The third-order valence-corrected chi connectivity index (χ3v) is 2.60. The van der Waals surface area contributed by atoms with Crippen molar-refractivity contribution in [3.63, 3.8) is 0 Å². The lowest BCUT2D eigenvalue weighted by molar-refractivity contribution is -0.385. The Morgan fingerprint density at radius 1 is 1.45 bits per heavy atom. The summed E-state index contributed by atoms with van der Waals surface area (Å²) in [7, 11) is 0. The van der Waals surface area contributed by atoms with E-state index in [1.54, 1.807) is 19.1 Å². The summed E-state index contributed by atoms with van der Waals surface area (Å²) in [5, 5.41) is 14.2. The van der Waals surface area contributed by atoms with Crippen LogP contribution in [-0.2, 0) is 6.54 Å². The lowest BCUT2D eigenvalue weighted by Gasteiger charge is -2.10. The van der Waals surface area contributed by atoms with Crippen LogP contribution in [0.25, 0.3) is 0 Å². The van der Waals surface area contributed by atoms with Gasteiger partial charge in [0, 0.05) is 25.1 Å². The van der Waals surface area contributed by atoms with Crippen molar-refractivity contribution < 1.29 is 9.66 Å². The van der Waals surface area contributed by atoms with E-state index in [0.717, 1.165) is 5.56 Å². The molecule has 0 saturated carbocycles. The SMILES string of the molecule is CC#CCCOc1cc(CNC(C)C)ccc1[N+](=O)[O-]. The third-order valence-electron chi connectivity index (χ3n) is 2.60. The van der Waals surface area contributed by atoms with Gasteiger partial charge in [0.15, 0.2) is 5.75 Å². The smallest absolute Gasteiger partial charge is 0.310 e. The van der Waals surface area contributed by atoms with Crippen molar-refractivity contribution in [2.24, 2.45) is 0 Å². The molecule has 0 radical (unpaired) electrons. The maximum absolute atomic E-state index is 11.0. The molecule has 0 atom stereocenters. The summed E-state index contributed by atoms with van der Waals surface area (Å²) in [6.45, 7) is 6.85. The number of ether oxygens (including phenoxy) is 1. The Labute approximate surface area is 119 Å². The highest BCUT2D eigenvalue weighted by Gasteiger charge is 2.15. The summed E-state index contributed by atoms with van der Waals surface area (Å²) in [4.78, 5) is 10.5. The number of nitrogens with zero attached hydrogens (tertiary/aromatic N) is 1. The quantitative estimate of drug-likeness (QED) is 0.360. The van der Waals surface area contributed by atoms with Crippen molar-refractivity contribution in [2.45, 2.75) is 39.8 Å². The van der Waals surface area contributed by atoms with Gasteiger partial charge in [0.2, 0.25) is 0 Å². The van der Waals surface area contributed by atoms with Gasteiger partial charge >= 0.3 is 5.69 Å². The van der Waals surface area contributed by atoms with Crippen LogP contribution in [0.4, 0.5) is 5.69 Å². The molecule has 0 spiro atoms. The lowest BCUT2D eigenvalue weighted by atomic mass is 10.2. The topological polar surface area (TPSA) is 64.4 Å². The summed E-state index contributed by atoms with van der Waals surface area (Å²) >= 11 is 0. The van der Waals surface area contributed by atoms with Gasteiger partial charge in [-0.1, -0.05) is 19.9 Å². The van der Waals surface area contributed by atoms with E-state index in [2.05, 4.69) is 17.2 Å². The standard InChI is InChI=1S/C15H20N2O3/c1-4-5-6-9-20-15-10-13(11-16-12(2)3)7-8-14(15)17(18)19/h7-8,10,12,16H,6,9,11H2,1-3H3. The molecule has 0 heterocycles. The molecule has 0 aliphatic rings. The molecule has 0 bridgehead atoms. The van der Waals surface area contributed by atoms with Crippen LogP contribution >= 0.6 is 0 Å². The zero-order valence-electron chi connectivity index (χ0n) is 12.1. The van der Waals surface area contributed by atoms with E-state index in [1.165, 1.54) is 6.07 Å². The van der Waals surface area contributed by atoms with Crippen molar-refractivity contribution in [3.8, 4) is 17.6 Å². The van der Waals surface area contributed by atoms with Gasteiger partial charge < -0.3 is 10.1 Å². The number of hydrogen-bond donors (Lipinski definition) is 1. The van der Waals surface area contributed by atoms with Gasteiger partial charge in [0.1, 0.15) is 0 Å². The highest BCUT2D eigenvalue weighted by molar-refractivity contribution is 5.48. The minimum absolute atomic E-state index is 0.0113. The molecular weight excluding hydrogens is 256 g/mol. The first-order valence-electron chi connectivity index (χ1n) is 6.57. The number of hydrogen-bond acceptors (Lipinski definition) is 4. The lowest BCUT2D eigenvalue weighted by Crippen LogP contribution is -2.21. The summed E-state index contributed by atoms with van der Waals surface area (Å²) in [5.74, 6) is 5.93. The van der Waals surface area contributed by atoms with Crippen LogP contribution in [0.5, 0.6) is 5.75 Å². The van der Waals surface area contributed by atoms with Crippen molar-refractivity contribution in [2.75, 3.05) is 6.61 Å². The highest BCUT2D eigenvalue weighted by Crippen LogP contribution is 2.28. The van der Waals surface area contributed by atoms with Crippen LogP contribution in [0.15, 0.2) is 18.2 Å². The van der Waals surface area contributed by atoms with Crippen LogP contribution in [0.1, 0.15) is 32.8 Å². The van der Waals surface area contributed by atoms with E-state index < -0.39 is 4.92 Å². The summed E-state index contributed by atoms with van der Waals surface area (Å²) < 4.78 is 5.48. The minimum Gasteiger partial charge on any atom is -0.486 e. The predicted molar refractivity (Wildman–Crippen MR) is 78.6 cm³/mol. The van der Waals surface area contributed by atoms with Crippen molar-refractivity contribution in [3.05, 3.63) is 33.9 Å². The molecule has 108 valence electrons. The second-order valence-electron chi connectivity index (χ2n) is 4.62. The zero-order valence-corrected chi connectivity index (χ0v) is 12.1. The fraction of sp³-hybridized carbons (Fsp3) is 0.467. The molecule has 1 aromatic rings. The second-order valence-corrected chi connectivity index (χ2v) is 4.62. The summed E-state index contributed by atoms with van der Waals surface area (Å²) in [5.41, 5.74) is 0.948. The van der Waals surface area contributed by atoms with Crippen molar-refractivity contribution >= 4 is 5.69 Å². The van der Waals surface area contributed by atoms with Gasteiger partial charge in [-0.3, -0.25) is 10.1 Å². The fourth-order valence-corrected chi connectivity index (χ4v) is 1.59. The van der Waals surface area contributed by atoms with Gasteiger partial charge in [0.25, 0.3) is 0 Å². The van der Waals surface area contributed by atoms with Crippen LogP contribution in [0.2, 0.25) is 0 Å².